The Morgan fingerprint density at radius 2 is 2.00 bits per heavy atom. The summed E-state index contributed by atoms with van der Waals surface area (Å²) in [5, 5.41) is 6.23. The number of hydrogen-bond donors (Lipinski definition) is 2. The van der Waals surface area contributed by atoms with Crippen molar-refractivity contribution in [1.82, 2.24) is 10.6 Å². The lowest BCUT2D eigenvalue weighted by Gasteiger charge is -2.31. The van der Waals surface area contributed by atoms with Crippen LogP contribution in [0.2, 0.25) is 0 Å². The van der Waals surface area contributed by atoms with Gasteiger partial charge in [-0.1, -0.05) is 26.2 Å². The summed E-state index contributed by atoms with van der Waals surface area (Å²) in [6.45, 7) is 5.53. The molecule has 2 aliphatic rings. The Bertz CT molecular complexity index is 279. The molecule has 4 nitrogen and oxygen atoms in total. The van der Waals surface area contributed by atoms with Gasteiger partial charge in [0, 0.05) is 19.1 Å². The van der Waals surface area contributed by atoms with Crippen molar-refractivity contribution < 1.29 is 9.53 Å². The number of halogens is 1. The van der Waals surface area contributed by atoms with E-state index in [1.165, 1.54) is 32.1 Å². The summed E-state index contributed by atoms with van der Waals surface area (Å²) in [4.78, 5) is 11.9. The number of ether oxygens (including phenoxy) is 1. The lowest BCUT2D eigenvalue weighted by Crippen LogP contribution is -2.49. The van der Waals surface area contributed by atoms with E-state index in [0.29, 0.717) is 12.0 Å². The lowest BCUT2D eigenvalue weighted by molar-refractivity contribution is -0.126. The highest BCUT2D eigenvalue weighted by Gasteiger charge is 2.28. The molecule has 1 aliphatic heterocycles. The zero-order chi connectivity index (χ0) is 13.5. The summed E-state index contributed by atoms with van der Waals surface area (Å²) in [5.41, 5.74) is 0. The van der Waals surface area contributed by atoms with Crippen LogP contribution in [-0.4, -0.2) is 38.3 Å². The Morgan fingerprint density at radius 3 is 2.60 bits per heavy atom. The van der Waals surface area contributed by atoms with Crippen LogP contribution in [-0.2, 0) is 9.53 Å². The molecule has 0 aromatic rings. The van der Waals surface area contributed by atoms with Crippen LogP contribution in [0.1, 0.15) is 45.4 Å². The van der Waals surface area contributed by atoms with Crippen molar-refractivity contribution in [2.45, 2.75) is 51.6 Å². The van der Waals surface area contributed by atoms with E-state index in [9.17, 15) is 4.79 Å². The molecule has 20 heavy (non-hydrogen) atoms. The maximum atomic E-state index is 11.9. The van der Waals surface area contributed by atoms with Gasteiger partial charge in [-0.05, 0) is 38.3 Å². The van der Waals surface area contributed by atoms with Crippen molar-refractivity contribution in [3.8, 4) is 0 Å². The van der Waals surface area contributed by atoms with E-state index in [2.05, 4.69) is 10.6 Å². The Hall–Kier alpha value is -0.320. The first-order valence-corrected chi connectivity index (χ1v) is 7.87. The summed E-state index contributed by atoms with van der Waals surface area (Å²) >= 11 is 0. The van der Waals surface area contributed by atoms with Crippen LogP contribution in [0.15, 0.2) is 0 Å². The average Bonchev–Trinajstić information content (AvgIpc) is 2.37. The smallest absolute Gasteiger partial charge is 0.223 e. The fraction of sp³-hybridized carbons (Fsp3) is 0.933. The molecule has 0 aromatic carbocycles. The highest BCUT2D eigenvalue weighted by molar-refractivity contribution is 5.85. The van der Waals surface area contributed by atoms with Crippen molar-refractivity contribution in [1.29, 1.82) is 0 Å². The molecule has 1 aliphatic carbocycles. The summed E-state index contributed by atoms with van der Waals surface area (Å²) in [6.07, 6.45) is 7.84. The van der Waals surface area contributed by atoms with E-state index >= 15 is 0 Å². The highest BCUT2D eigenvalue weighted by atomic mass is 35.5. The second-order valence-electron chi connectivity index (χ2n) is 5.98. The zero-order valence-electron chi connectivity index (χ0n) is 12.5. The summed E-state index contributed by atoms with van der Waals surface area (Å²) in [6, 6.07) is 0. The maximum Gasteiger partial charge on any atom is 0.223 e. The summed E-state index contributed by atoms with van der Waals surface area (Å²) in [7, 11) is 0. The van der Waals surface area contributed by atoms with Gasteiger partial charge < -0.3 is 15.4 Å². The maximum absolute atomic E-state index is 11.9. The van der Waals surface area contributed by atoms with Gasteiger partial charge in [-0.2, -0.15) is 0 Å². The van der Waals surface area contributed by atoms with Gasteiger partial charge >= 0.3 is 0 Å². The molecule has 1 heterocycles. The van der Waals surface area contributed by atoms with Crippen LogP contribution in [0, 0.1) is 11.8 Å². The molecular formula is C15H29ClN2O2. The first-order chi connectivity index (χ1) is 9.27. The normalized spacial score (nSPS) is 21.6. The molecule has 1 unspecified atom stereocenters. The first-order valence-electron chi connectivity index (χ1n) is 7.87. The summed E-state index contributed by atoms with van der Waals surface area (Å²) < 4.78 is 5.84. The molecule has 1 atom stereocenters. The number of nitrogens with one attached hydrogen (secondary N) is 2. The number of amides is 1. The summed E-state index contributed by atoms with van der Waals surface area (Å²) in [5.74, 6) is 0.864. The van der Waals surface area contributed by atoms with Crippen LogP contribution in [0.3, 0.4) is 0 Å². The molecule has 118 valence electrons. The van der Waals surface area contributed by atoms with E-state index in [1.54, 1.807) is 0 Å². The first kappa shape index (κ1) is 17.7. The van der Waals surface area contributed by atoms with E-state index in [1.807, 2.05) is 6.92 Å². The number of carbonyl (C=O) groups excluding carboxylic acids is 1. The van der Waals surface area contributed by atoms with Crippen molar-refractivity contribution in [2.24, 2.45) is 11.8 Å². The van der Waals surface area contributed by atoms with Crippen molar-refractivity contribution in [3.05, 3.63) is 0 Å². The van der Waals surface area contributed by atoms with Gasteiger partial charge in [0.25, 0.3) is 0 Å². The molecule has 1 amide bonds. The van der Waals surface area contributed by atoms with Gasteiger partial charge in [0.1, 0.15) is 0 Å². The third-order valence-corrected chi connectivity index (χ3v) is 4.46. The van der Waals surface area contributed by atoms with Gasteiger partial charge in [0.15, 0.2) is 0 Å². The number of hydrogen-bond acceptors (Lipinski definition) is 3. The molecular weight excluding hydrogens is 276 g/mol. The molecule has 0 radical (unpaired) electrons. The monoisotopic (exact) mass is 304 g/mol. The molecule has 0 bridgehead atoms. The molecule has 0 aromatic heterocycles. The number of carbonyl (C=O) groups is 1. The van der Waals surface area contributed by atoms with Crippen molar-refractivity contribution >= 4 is 18.3 Å². The Kier molecular flexibility index (Phi) is 8.50. The van der Waals surface area contributed by atoms with Crippen LogP contribution >= 0.6 is 12.4 Å². The third-order valence-electron chi connectivity index (χ3n) is 4.46. The Morgan fingerprint density at radius 1 is 1.30 bits per heavy atom. The van der Waals surface area contributed by atoms with Gasteiger partial charge in [0.05, 0.1) is 6.10 Å². The predicted molar refractivity (Wildman–Crippen MR) is 83.2 cm³/mol. The SMILES string of the molecule is CC(C(=O)NCCCOC1CCCCC1)C1CNC1.Cl. The lowest BCUT2D eigenvalue weighted by atomic mass is 9.88. The zero-order valence-corrected chi connectivity index (χ0v) is 13.3. The molecule has 2 N–H and O–H groups in total. The minimum Gasteiger partial charge on any atom is -0.378 e. The van der Waals surface area contributed by atoms with Crippen molar-refractivity contribution in [3.63, 3.8) is 0 Å². The fourth-order valence-corrected chi connectivity index (χ4v) is 2.81. The van der Waals surface area contributed by atoms with Crippen LogP contribution in [0.4, 0.5) is 0 Å². The van der Waals surface area contributed by atoms with Crippen molar-refractivity contribution in [2.75, 3.05) is 26.2 Å². The van der Waals surface area contributed by atoms with Crippen LogP contribution in [0.5, 0.6) is 0 Å². The molecule has 1 saturated heterocycles. The van der Waals surface area contributed by atoms with E-state index in [4.69, 9.17) is 4.74 Å². The molecule has 1 saturated carbocycles. The van der Waals surface area contributed by atoms with Gasteiger partial charge in [-0.15, -0.1) is 12.4 Å². The molecule has 0 spiro atoms. The average molecular weight is 305 g/mol. The Balaban J connectivity index is 0.00000200. The fourth-order valence-electron chi connectivity index (χ4n) is 2.81. The second-order valence-corrected chi connectivity index (χ2v) is 5.98. The number of rotatable bonds is 7. The third kappa shape index (κ3) is 5.58. The predicted octanol–water partition coefficient (Wildman–Crippen LogP) is 2.12. The minimum absolute atomic E-state index is 0. The van der Waals surface area contributed by atoms with E-state index in [0.717, 1.165) is 32.7 Å². The molecule has 2 fully saturated rings. The van der Waals surface area contributed by atoms with Crippen LogP contribution in [0.25, 0.3) is 0 Å². The van der Waals surface area contributed by atoms with Gasteiger partial charge in [-0.3, -0.25) is 4.79 Å². The minimum atomic E-state index is 0. The standard InChI is InChI=1S/C15H28N2O2.ClH/c1-12(13-10-16-11-13)15(18)17-8-5-9-19-14-6-3-2-4-7-14;/h12-14,16H,2-11H2,1H3,(H,17,18);1H. The largest absolute Gasteiger partial charge is 0.378 e. The quantitative estimate of drug-likeness (QED) is 0.708. The highest BCUT2D eigenvalue weighted by Crippen LogP contribution is 2.20. The molecule has 5 heteroatoms. The topological polar surface area (TPSA) is 50.4 Å². The Labute approximate surface area is 128 Å². The van der Waals surface area contributed by atoms with E-state index < -0.39 is 0 Å². The van der Waals surface area contributed by atoms with Gasteiger partial charge in [-0.25, -0.2) is 0 Å². The second kappa shape index (κ2) is 9.59. The van der Waals surface area contributed by atoms with E-state index in [-0.39, 0.29) is 24.2 Å². The van der Waals surface area contributed by atoms with Gasteiger partial charge in [0.2, 0.25) is 5.91 Å². The molecule has 2 rings (SSSR count). The van der Waals surface area contributed by atoms with Crippen LogP contribution < -0.4 is 10.6 Å².